The summed E-state index contributed by atoms with van der Waals surface area (Å²) in [5.74, 6) is 1.40. The average Bonchev–Trinajstić information content (AvgIpc) is 2.47. The van der Waals surface area contributed by atoms with Gasteiger partial charge in [0.1, 0.15) is 0 Å². The van der Waals surface area contributed by atoms with E-state index in [4.69, 9.17) is 9.47 Å². The Morgan fingerprint density at radius 3 is 2.77 bits per heavy atom. The molecule has 6 heteroatoms. The van der Waals surface area contributed by atoms with E-state index in [0.717, 1.165) is 19.4 Å². The van der Waals surface area contributed by atoms with Crippen LogP contribution in [-0.2, 0) is 4.79 Å². The Balaban J connectivity index is 0.00000242. The molecular formula is C16H25ClN2O3. The zero-order valence-corrected chi connectivity index (χ0v) is 13.9. The van der Waals surface area contributed by atoms with Gasteiger partial charge in [-0.2, -0.15) is 0 Å². The van der Waals surface area contributed by atoms with Gasteiger partial charge in [0, 0.05) is 12.1 Å². The molecule has 2 rings (SSSR count). The lowest BCUT2D eigenvalue weighted by atomic mass is 10.0. The number of carbonyl (C=O) groups excluding carboxylic acids is 1. The van der Waals surface area contributed by atoms with Crippen LogP contribution in [0.15, 0.2) is 24.3 Å². The first-order valence-corrected chi connectivity index (χ1v) is 7.47. The molecule has 0 radical (unpaired) electrons. The molecule has 2 N–H and O–H groups in total. The van der Waals surface area contributed by atoms with Crippen LogP contribution in [0.25, 0.3) is 0 Å². The summed E-state index contributed by atoms with van der Waals surface area (Å²) in [4.78, 5) is 11.9. The molecule has 1 fully saturated rings. The number of ether oxygens (including phenoxy) is 2. The minimum Gasteiger partial charge on any atom is -0.493 e. The van der Waals surface area contributed by atoms with Crippen molar-refractivity contribution in [3.05, 3.63) is 24.3 Å². The monoisotopic (exact) mass is 328 g/mol. The largest absolute Gasteiger partial charge is 0.493 e. The van der Waals surface area contributed by atoms with E-state index in [2.05, 4.69) is 17.6 Å². The molecule has 1 aliphatic rings. The minimum atomic E-state index is 0. The summed E-state index contributed by atoms with van der Waals surface area (Å²) >= 11 is 0. The third-order valence-corrected chi connectivity index (χ3v) is 3.64. The Bertz CT molecular complexity index is 470. The van der Waals surface area contributed by atoms with Crippen molar-refractivity contribution in [2.75, 3.05) is 20.3 Å². The predicted octanol–water partition coefficient (Wildman–Crippen LogP) is 2.14. The van der Waals surface area contributed by atoms with Crippen molar-refractivity contribution >= 4 is 18.3 Å². The highest BCUT2D eigenvalue weighted by Gasteiger charge is 2.19. The molecule has 1 saturated heterocycles. The number of rotatable bonds is 6. The normalized spacial score (nSPS) is 20.6. The van der Waals surface area contributed by atoms with E-state index in [1.807, 2.05) is 24.3 Å². The Morgan fingerprint density at radius 2 is 2.09 bits per heavy atom. The van der Waals surface area contributed by atoms with Crippen molar-refractivity contribution < 1.29 is 14.3 Å². The molecule has 0 aromatic heterocycles. The minimum absolute atomic E-state index is 0. The van der Waals surface area contributed by atoms with Crippen LogP contribution in [0.5, 0.6) is 11.5 Å². The highest BCUT2D eigenvalue weighted by molar-refractivity contribution is 5.85. The van der Waals surface area contributed by atoms with Crippen molar-refractivity contribution in [2.24, 2.45) is 0 Å². The van der Waals surface area contributed by atoms with Crippen molar-refractivity contribution in [3.8, 4) is 11.5 Å². The average molecular weight is 329 g/mol. The number of hydrogen-bond acceptors (Lipinski definition) is 4. The van der Waals surface area contributed by atoms with E-state index >= 15 is 0 Å². The van der Waals surface area contributed by atoms with Crippen LogP contribution in [0.4, 0.5) is 0 Å². The highest BCUT2D eigenvalue weighted by Crippen LogP contribution is 2.25. The number of hydrogen-bond donors (Lipinski definition) is 2. The van der Waals surface area contributed by atoms with Crippen LogP contribution >= 0.6 is 12.4 Å². The summed E-state index contributed by atoms with van der Waals surface area (Å²) < 4.78 is 10.8. The molecule has 22 heavy (non-hydrogen) atoms. The smallest absolute Gasteiger partial charge is 0.223 e. The Morgan fingerprint density at radius 1 is 1.36 bits per heavy atom. The summed E-state index contributed by atoms with van der Waals surface area (Å²) in [7, 11) is 1.60. The zero-order chi connectivity index (χ0) is 15.1. The van der Waals surface area contributed by atoms with Gasteiger partial charge in [0.05, 0.1) is 20.1 Å². The van der Waals surface area contributed by atoms with Gasteiger partial charge in [0.2, 0.25) is 5.91 Å². The molecule has 1 aromatic carbocycles. The number of nitrogens with one attached hydrogen (secondary N) is 2. The van der Waals surface area contributed by atoms with Crippen LogP contribution < -0.4 is 20.1 Å². The molecule has 124 valence electrons. The summed E-state index contributed by atoms with van der Waals surface area (Å²) in [5.41, 5.74) is 0. The van der Waals surface area contributed by atoms with Gasteiger partial charge in [-0.05, 0) is 38.4 Å². The molecule has 2 unspecified atom stereocenters. The van der Waals surface area contributed by atoms with Gasteiger partial charge in [-0.15, -0.1) is 12.4 Å². The molecule has 0 spiro atoms. The second-order valence-electron chi connectivity index (χ2n) is 5.39. The molecule has 1 amide bonds. The number of amides is 1. The fourth-order valence-electron chi connectivity index (χ4n) is 2.55. The quantitative estimate of drug-likeness (QED) is 0.840. The van der Waals surface area contributed by atoms with E-state index in [9.17, 15) is 4.79 Å². The van der Waals surface area contributed by atoms with Crippen molar-refractivity contribution in [2.45, 2.75) is 38.3 Å². The third kappa shape index (κ3) is 5.73. The van der Waals surface area contributed by atoms with Crippen LogP contribution in [-0.4, -0.2) is 38.3 Å². The maximum absolute atomic E-state index is 11.9. The number of piperidine rings is 1. The van der Waals surface area contributed by atoms with Gasteiger partial charge in [-0.25, -0.2) is 0 Å². The molecule has 2 atom stereocenters. The number of benzene rings is 1. The predicted molar refractivity (Wildman–Crippen MR) is 89.0 cm³/mol. The Labute approximate surface area is 138 Å². The van der Waals surface area contributed by atoms with Crippen molar-refractivity contribution in [1.29, 1.82) is 0 Å². The van der Waals surface area contributed by atoms with Crippen LogP contribution in [0, 0.1) is 0 Å². The molecule has 1 aliphatic heterocycles. The number of carbonyl (C=O) groups is 1. The summed E-state index contributed by atoms with van der Waals surface area (Å²) in [5, 5.41) is 6.45. The second-order valence-corrected chi connectivity index (χ2v) is 5.39. The maximum atomic E-state index is 11.9. The van der Waals surface area contributed by atoms with Gasteiger partial charge < -0.3 is 20.1 Å². The van der Waals surface area contributed by atoms with Crippen LogP contribution in [0.3, 0.4) is 0 Å². The summed E-state index contributed by atoms with van der Waals surface area (Å²) in [6.07, 6.45) is 2.33. The number of para-hydroxylation sites is 2. The molecule has 0 saturated carbocycles. The SMILES string of the molecule is COc1ccccc1OCCC(=O)NC1CCNC(C)C1.Cl. The first kappa shape index (κ1) is 18.6. The lowest BCUT2D eigenvalue weighted by molar-refractivity contribution is -0.122. The molecule has 1 aromatic rings. The highest BCUT2D eigenvalue weighted by atomic mass is 35.5. The Hall–Kier alpha value is -1.46. The molecule has 5 nitrogen and oxygen atoms in total. The van der Waals surface area contributed by atoms with Crippen molar-refractivity contribution in [1.82, 2.24) is 10.6 Å². The number of methoxy groups -OCH3 is 1. The second kappa shape index (κ2) is 9.54. The van der Waals surface area contributed by atoms with E-state index in [0.29, 0.717) is 30.6 Å². The number of halogens is 1. The standard InChI is InChI=1S/C16H24N2O3.ClH/c1-12-11-13(7-9-17-12)18-16(19)8-10-21-15-6-4-3-5-14(15)20-2;/h3-6,12-13,17H,7-11H2,1-2H3,(H,18,19);1H. The molecule has 0 aliphatic carbocycles. The lowest BCUT2D eigenvalue weighted by Crippen LogP contribution is -2.46. The molecule has 1 heterocycles. The molecular weight excluding hydrogens is 304 g/mol. The fourth-order valence-corrected chi connectivity index (χ4v) is 2.55. The Kier molecular flexibility index (Phi) is 8.06. The summed E-state index contributed by atoms with van der Waals surface area (Å²) in [6.45, 7) is 3.46. The van der Waals surface area contributed by atoms with E-state index in [1.165, 1.54) is 0 Å². The first-order valence-electron chi connectivity index (χ1n) is 7.47. The van der Waals surface area contributed by atoms with Crippen LogP contribution in [0.2, 0.25) is 0 Å². The van der Waals surface area contributed by atoms with Gasteiger partial charge in [0.15, 0.2) is 11.5 Å². The van der Waals surface area contributed by atoms with E-state index in [-0.39, 0.29) is 24.4 Å². The topological polar surface area (TPSA) is 59.6 Å². The maximum Gasteiger partial charge on any atom is 0.223 e. The van der Waals surface area contributed by atoms with Crippen LogP contribution in [0.1, 0.15) is 26.2 Å². The molecule has 0 bridgehead atoms. The van der Waals surface area contributed by atoms with Crippen molar-refractivity contribution in [3.63, 3.8) is 0 Å². The van der Waals surface area contributed by atoms with Gasteiger partial charge in [-0.3, -0.25) is 4.79 Å². The van der Waals surface area contributed by atoms with Gasteiger partial charge in [-0.1, -0.05) is 12.1 Å². The van der Waals surface area contributed by atoms with Gasteiger partial charge in [0.25, 0.3) is 0 Å². The van der Waals surface area contributed by atoms with E-state index in [1.54, 1.807) is 7.11 Å². The zero-order valence-electron chi connectivity index (χ0n) is 13.1. The fraction of sp³-hybridized carbons (Fsp3) is 0.562. The first-order chi connectivity index (χ1) is 10.2. The third-order valence-electron chi connectivity index (χ3n) is 3.64. The van der Waals surface area contributed by atoms with Gasteiger partial charge >= 0.3 is 0 Å². The van der Waals surface area contributed by atoms with E-state index < -0.39 is 0 Å². The summed E-state index contributed by atoms with van der Waals surface area (Å²) in [6, 6.07) is 8.19. The lowest BCUT2D eigenvalue weighted by Gasteiger charge is -2.28.